The van der Waals surface area contributed by atoms with Crippen LogP contribution in [-0.2, 0) is 14.2 Å². The van der Waals surface area contributed by atoms with Gasteiger partial charge in [0, 0.05) is 31.0 Å². The van der Waals surface area contributed by atoms with Gasteiger partial charge in [-0.25, -0.2) is 0 Å². The maximum absolute atomic E-state index is 6.71. The van der Waals surface area contributed by atoms with E-state index in [0.29, 0.717) is 35.4 Å². The second kappa shape index (κ2) is 8.50. The number of hydrogen-bond donors (Lipinski definition) is 1. The number of fused-ring (bicyclic) bond motifs is 3. The van der Waals surface area contributed by atoms with Crippen molar-refractivity contribution in [2.24, 2.45) is 28.6 Å². The number of rotatable bonds is 6. The number of allylic oxidation sites excluding steroid dienone is 1. The number of ether oxygens (including phenoxy) is 3. The Morgan fingerprint density at radius 1 is 1.10 bits per heavy atom. The highest BCUT2D eigenvalue weighted by Gasteiger charge is 2.60. The first kappa shape index (κ1) is 21.4. The molecule has 1 unspecified atom stereocenters. The van der Waals surface area contributed by atoms with Crippen LogP contribution in [-0.4, -0.2) is 44.8 Å². The fraction of sp³-hybridized carbons (Fsp3) is 0.923. The van der Waals surface area contributed by atoms with Crippen LogP contribution >= 0.6 is 0 Å². The SMILES string of the molecule is C=C1CCC2[C@]3(C)CO[C@@H](C4CCCC4)O[C@@H]3CC[C@@]2(C)[C@@H]1CCCOC1CNC1. The first-order valence-corrected chi connectivity index (χ1v) is 12.8. The minimum absolute atomic E-state index is 0.0578. The van der Waals surface area contributed by atoms with E-state index in [4.69, 9.17) is 14.2 Å². The summed E-state index contributed by atoms with van der Waals surface area (Å²) in [5.74, 6) is 1.91. The Morgan fingerprint density at radius 3 is 2.63 bits per heavy atom. The monoisotopic (exact) mass is 417 g/mol. The molecular weight excluding hydrogens is 374 g/mol. The average molecular weight is 418 g/mol. The van der Waals surface area contributed by atoms with Gasteiger partial charge >= 0.3 is 0 Å². The summed E-state index contributed by atoms with van der Waals surface area (Å²) in [6.07, 6.45) is 13.4. The van der Waals surface area contributed by atoms with E-state index in [1.54, 1.807) is 0 Å². The van der Waals surface area contributed by atoms with Crippen molar-refractivity contribution in [3.63, 3.8) is 0 Å². The van der Waals surface area contributed by atoms with Gasteiger partial charge in [0.15, 0.2) is 6.29 Å². The Labute approximate surface area is 183 Å². The van der Waals surface area contributed by atoms with Gasteiger partial charge in [0.25, 0.3) is 0 Å². The highest BCUT2D eigenvalue weighted by molar-refractivity contribution is 5.18. The molecule has 0 amide bonds. The minimum atomic E-state index is 0.0578. The summed E-state index contributed by atoms with van der Waals surface area (Å²) in [4.78, 5) is 0. The zero-order valence-electron chi connectivity index (χ0n) is 19.3. The number of nitrogens with one attached hydrogen (secondary N) is 1. The molecule has 6 atom stereocenters. The fourth-order valence-corrected chi connectivity index (χ4v) is 7.78. The molecular formula is C26H43NO3. The van der Waals surface area contributed by atoms with Crippen LogP contribution in [0, 0.1) is 28.6 Å². The molecule has 0 aromatic heterocycles. The topological polar surface area (TPSA) is 39.7 Å². The first-order chi connectivity index (χ1) is 14.5. The zero-order valence-corrected chi connectivity index (χ0v) is 19.3. The molecule has 1 N–H and O–H groups in total. The molecule has 2 aliphatic heterocycles. The van der Waals surface area contributed by atoms with Gasteiger partial charge in [0.2, 0.25) is 0 Å². The quantitative estimate of drug-likeness (QED) is 0.483. The van der Waals surface area contributed by atoms with Gasteiger partial charge in [-0.3, -0.25) is 0 Å². The average Bonchev–Trinajstić information content (AvgIpc) is 3.22. The van der Waals surface area contributed by atoms with Crippen LogP contribution in [0.3, 0.4) is 0 Å². The Kier molecular flexibility index (Phi) is 6.07. The normalized spacial score (nSPS) is 45.1. The summed E-state index contributed by atoms with van der Waals surface area (Å²) in [5, 5.41) is 3.29. The standard InChI is InChI=1S/C26H43NO3/c1-18-10-11-22-25(2,21(18)9-6-14-28-20-15-27-16-20)13-12-23-26(22,3)17-29-24(30-23)19-7-4-5-8-19/h19-24,27H,1,4-17H2,2-3H3/t21-,22?,23-,24-,25+,26+/m1/s1. The second-order valence-corrected chi connectivity index (χ2v) is 11.5. The lowest BCUT2D eigenvalue weighted by molar-refractivity contribution is -0.316. The van der Waals surface area contributed by atoms with Gasteiger partial charge in [-0.2, -0.15) is 0 Å². The number of hydrogen-bond acceptors (Lipinski definition) is 4. The Hall–Kier alpha value is -0.420. The molecule has 0 radical (unpaired) electrons. The highest BCUT2D eigenvalue weighted by atomic mass is 16.7. The van der Waals surface area contributed by atoms with Crippen molar-refractivity contribution in [1.82, 2.24) is 5.32 Å². The predicted octanol–water partition coefficient (Wildman–Crippen LogP) is 5.08. The van der Waals surface area contributed by atoms with Gasteiger partial charge in [0.05, 0.1) is 18.8 Å². The molecule has 0 spiro atoms. The molecule has 3 saturated carbocycles. The molecule has 170 valence electrons. The van der Waals surface area contributed by atoms with Crippen LogP contribution in [0.1, 0.15) is 78.1 Å². The Morgan fingerprint density at radius 2 is 1.90 bits per heavy atom. The van der Waals surface area contributed by atoms with Crippen LogP contribution in [0.25, 0.3) is 0 Å². The summed E-state index contributed by atoms with van der Waals surface area (Å²) >= 11 is 0. The van der Waals surface area contributed by atoms with E-state index in [1.165, 1.54) is 63.4 Å². The smallest absolute Gasteiger partial charge is 0.160 e. The van der Waals surface area contributed by atoms with Crippen molar-refractivity contribution >= 4 is 0 Å². The molecule has 5 aliphatic rings. The summed E-state index contributed by atoms with van der Waals surface area (Å²) in [6.45, 7) is 13.4. The van der Waals surface area contributed by atoms with Crippen molar-refractivity contribution in [2.75, 3.05) is 26.3 Å². The van der Waals surface area contributed by atoms with E-state index in [-0.39, 0.29) is 11.7 Å². The third kappa shape index (κ3) is 3.70. The van der Waals surface area contributed by atoms with Crippen molar-refractivity contribution in [3.05, 3.63) is 12.2 Å². The molecule has 0 aromatic rings. The van der Waals surface area contributed by atoms with Gasteiger partial charge in [-0.15, -0.1) is 0 Å². The van der Waals surface area contributed by atoms with Gasteiger partial charge in [-0.1, -0.05) is 38.8 Å². The van der Waals surface area contributed by atoms with Gasteiger partial charge in [-0.05, 0) is 68.6 Å². The zero-order chi connectivity index (χ0) is 20.8. The fourth-order valence-electron chi connectivity index (χ4n) is 7.78. The molecule has 0 aromatic carbocycles. The lowest BCUT2D eigenvalue weighted by Gasteiger charge is -2.63. The summed E-state index contributed by atoms with van der Waals surface area (Å²) < 4.78 is 19.2. The van der Waals surface area contributed by atoms with Crippen molar-refractivity contribution in [2.45, 2.75) is 96.6 Å². The lowest BCUT2D eigenvalue weighted by atomic mass is 9.46. The molecule has 0 bridgehead atoms. The molecule has 30 heavy (non-hydrogen) atoms. The second-order valence-electron chi connectivity index (χ2n) is 11.5. The summed E-state index contributed by atoms with van der Waals surface area (Å²) in [5.41, 5.74) is 1.96. The maximum atomic E-state index is 6.71. The highest BCUT2D eigenvalue weighted by Crippen LogP contribution is 2.63. The first-order valence-electron chi connectivity index (χ1n) is 12.8. The van der Waals surface area contributed by atoms with Crippen LogP contribution < -0.4 is 5.32 Å². The molecule has 3 aliphatic carbocycles. The van der Waals surface area contributed by atoms with Crippen LogP contribution in [0.2, 0.25) is 0 Å². The van der Waals surface area contributed by atoms with Gasteiger partial charge in [0.1, 0.15) is 0 Å². The van der Waals surface area contributed by atoms with Crippen molar-refractivity contribution in [1.29, 1.82) is 0 Å². The van der Waals surface area contributed by atoms with Crippen LogP contribution in [0.15, 0.2) is 12.2 Å². The molecule has 2 heterocycles. The molecule has 5 fully saturated rings. The van der Waals surface area contributed by atoms with E-state index in [2.05, 4.69) is 25.7 Å². The largest absolute Gasteiger partial charge is 0.376 e. The Bertz CT molecular complexity index is 628. The van der Waals surface area contributed by atoms with E-state index in [9.17, 15) is 0 Å². The van der Waals surface area contributed by atoms with Crippen molar-refractivity contribution < 1.29 is 14.2 Å². The molecule has 4 heteroatoms. The van der Waals surface area contributed by atoms with E-state index in [0.717, 1.165) is 32.7 Å². The minimum Gasteiger partial charge on any atom is -0.376 e. The molecule has 4 nitrogen and oxygen atoms in total. The summed E-state index contributed by atoms with van der Waals surface area (Å²) in [6, 6.07) is 0. The maximum Gasteiger partial charge on any atom is 0.160 e. The Balaban J connectivity index is 1.25. The molecule has 2 saturated heterocycles. The van der Waals surface area contributed by atoms with Crippen LogP contribution in [0.5, 0.6) is 0 Å². The predicted molar refractivity (Wildman–Crippen MR) is 119 cm³/mol. The van der Waals surface area contributed by atoms with E-state index < -0.39 is 0 Å². The third-order valence-electron chi connectivity index (χ3n) is 9.69. The lowest BCUT2D eigenvalue weighted by Crippen LogP contribution is -2.61. The third-order valence-corrected chi connectivity index (χ3v) is 9.69. The van der Waals surface area contributed by atoms with Crippen LogP contribution in [0.4, 0.5) is 0 Å². The van der Waals surface area contributed by atoms with E-state index in [1.807, 2.05) is 0 Å². The van der Waals surface area contributed by atoms with Gasteiger partial charge < -0.3 is 19.5 Å². The van der Waals surface area contributed by atoms with E-state index >= 15 is 0 Å². The van der Waals surface area contributed by atoms with Crippen molar-refractivity contribution in [3.8, 4) is 0 Å². The molecule has 5 rings (SSSR count). The summed E-state index contributed by atoms with van der Waals surface area (Å²) in [7, 11) is 0.